The van der Waals surface area contributed by atoms with E-state index >= 15 is 0 Å². The summed E-state index contributed by atoms with van der Waals surface area (Å²) in [6, 6.07) is 7.43. The van der Waals surface area contributed by atoms with Crippen LogP contribution >= 0.6 is 0 Å². The van der Waals surface area contributed by atoms with E-state index in [0.717, 1.165) is 17.7 Å². The third kappa shape index (κ3) is 7.75. The molecule has 1 saturated heterocycles. The van der Waals surface area contributed by atoms with E-state index in [1.165, 1.54) is 4.90 Å². The predicted octanol–water partition coefficient (Wildman–Crippen LogP) is 2.73. The second kappa shape index (κ2) is 10.3. The van der Waals surface area contributed by atoms with Gasteiger partial charge in [0.25, 0.3) is 0 Å². The fourth-order valence-corrected chi connectivity index (χ4v) is 3.13. The van der Waals surface area contributed by atoms with Gasteiger partial charge in [-0.15, -0.1) is 0 Å². The van der Waals surface area contributed by atoms with Crippen molar-refractivity contribution in [2.75, 3.05) is 32.0 Å². The molecule has 0 aliphatic carbocycles. The summed E-state index contributed by atoms with van der Waals surface area (Å²) in [5, 5.41) is 9.20. The van der Waals surface area contributed by atoms with Crippen LogP contribution in [0.5, 0.6) is 0 Å². The summed E-state index contributed by atoms with van der Waals surface area (Å²) in [4.78, 5) is 17.3. The van der Waals surface area contributed by atoms with Gasteiger partial charge in [-0.2, -0.15) is 13.2 Å². The smallest absolute Gasteiger partial charge is 0.352 e. The summed E-state index contributed by atoms with van der Waals surface area (Å²) >= 11 is 0. The first-order valence-corrected chi connectivity index (χ1v) is 9.44. The van der Waals surface area contributed by atoms with Crippen LogP contribution in [-0.2, 0) is 11.3 Å². The van der Waals surface area contributed by atoms with Crippen molar-refractivity contribution in [2.24, 2.45) is 4.99 Å². The van der Waals surface area contributed by atoms with E-state index in [1.54, 1.807) is 7.05 Å². The zero-order chi connectivity index (χ0) is 20.6. The van der Waals surface area contributed by atoms with Gasteiger partial charge < -0.3 is 16.0 Å². The first kappa shape index (κ1) is 22.0. The number of nitrogens with one attached hydrogen (secondary N) is 3. The van der Waals surface area contributed by atoms with Gasteiger partial charge in [-0.3, -0.25) is 14.7 Å². The molecule has 1 fully saturated rings. The number of aliphatic imine (C=N–C) groups is 1. The van der Waals surface area contributed by atoms with Crippen molar-refractivity contribution in [1.29, 1.82) is 0 Å². The molecule has 1 aromatic carbocycles. The largest absolute Gasteiger partial charge is 0.401 e. The van der Waals surface area contributed by atoms with Crippen molar-refractivity contribution < 1.29 is 18.0 Å². The number of rotatable bonds is 7. The number of carbonyl (C=O) groups excluding carboxylic acids is 1. The van der Waals surface area contributed by atoms with Crippen LogP contribution in [0.4, 0.5) is 18.9 Å². The number of hydrogen-bond donors (Lipinski definition) is 3. The Morgan fingerprint density at radius 1 is 1.36 bits per heavy atom. The molecule has 1 atom stereocenters. The zero-order valence-electron chi connectivity index (χ0n) is 16.3. The highest BCUT2D eigenvalue weighted by Gasteiger charge is 2.34. The monoisotopic (exact) mass is 399 g/mol. The Hall–Kier alpha value is -2.29. The van der Waals surface area contributed by atoms with E-state index in [-0.39, 0.29) is 11.9 Å². The molecule has 1 aromatic rings. The van der Waals surface area contributed by atoms with Crippen LogP contribution in [0, 0.1) is 0 Å². The Kier molecular flexibility index (Phi) is 8.10. The number of likely N-dealkylation sites (tertiary alicyclic amines) is 1. The quantitative estimate of drug-likeness (QED) is 0.487. The van der Waals surface area contributed by atoms with Crippen LogP contribution in [0.3, 0.4) is 0 Å². The number of hydrogen-bond acceptors (Lipinski definition) is 3. The fourth-order valence-electron chi connectivity index (χ4n) is 3.13. The highest BCUT2D eigenvalue weighted by Crippen LogP contribution is 2.20. The van der Waals surface area contributed by atoms with Crippen LogP contribution in [0.15, 0.2) is 29.3 Å². The van der Waals surface area contributed by atoms with Crippen molar-refractivity contribution in [1.82, 2.24) is 15.5 Å². The number of anilines is 1. The van der Waals surface area contributed by atoms with Crippen LogP contribution < -0.4 is 16.0 Å². The topological polar surface area (TPSA) is 68.8 Å². The molecule has 1 heterocycles. The van der Waals surface area contributed by atoms with Gasteiger partial charge in [-0.25, -0.2) is 0 Å². The third-order valence-corrected chi connectivity index (χ3v) is 4.39. The summed E-state index contributed by atoms with van der Waals surface area (Å²) in [7, 11) is 1.62. The average molecular weight is 399 g/mol. The molecular formula is C19H28F3N5O. The maximum atomic E-state index is 12.5. The van der Waals surface area contributed by atoms with Gasteiger partial charge in [0, 0.05) is 44.8 Å². The molecule has 1 aliphatic heterocycles. The second-order valence-electron chi connectivity index (χ2n) is 6.90. The minimum Gasteiger partial charge on any atom is -0.352 e. The standard InChI is InChI=1S/C19H28F3N5O/c1-3-5-17(28)25-15-7-4-6-14(10-15)11-24-18(23-2)26-16-8-9-27(12-16)13-19(20,21)22/h4,6-7,10,16H,3,5,8-9,11-13H2,1-2H3,(H,25,28)(H2,23,24,26). The minimum absolute atomic E-state index is 0.0188. The number of halogens is 3. The van der Waals surface area contributed by atoms with E-state index in [2.05, 4.69) is 20.9 Å². The lowest BCUT2D eigenvalue weighted by molar-refractivity contribution is -0.143. The first-order valence-electron chi connectivity index (χ1n) is 9.44. The SMILES string of the molecule is CCCC(=O)Nc1cccc(CNC(=NC)NC2CCN(CC(F)(F)F)C2)c1. The van der Waals surface area contributed by atoms with E-state index in [1.807, 2.05) is 31.2 Å². The molecule has 0 radical (unpaired) electrons. The normalized spacial score (nSPS) is 18.2. The van der Waals surface area contributed by atoms with Crippen LogP contribution in [0.25, 0.3) is 0 Å². The van der Waals surface area contributed by atoms with E-state index in [9.17, 15) is 18.0 Å². The number of benzene rings is 1. The summed E-state index contributed by atoms with van der Waals surface area (Å²) < 4.78 is 37.5. The Labute approximate surface area is 163 Å². The summed E-state index contributed by atoms with van der Waals surface area (Å²) in [6.07, 6.45) is -2.27. The number of alkyl halides is 3. The molecule has 3 N–H and O–H groups in total. The summed E-state index contributed by atoms with van der Waals surface area (Å²) in [5.74, 6) is 0.522. The van der Waals surface area contributed by atoms with Crippen molar-refractivity contribution in [3.8, 4) is 0 Å². The van der Waals surface area contributed by atoms with Gasteiger partial charge in [0.2, 0.25) is 5.91 Å². The van der Waals surface area contributed by atoms with Gasteiger partial charge in [-0.05, 0) is 30.5 Å². The van der Waals surface area contributed by atoms with Crippen LogP contribution in [-0.4, -0.2) is 55.7 Å². The molecule has 0 saturated carbocycles. The maximum Gasteiger partial charge on any atom is 0.401 e. The van der Waals surface area contributed by atoms with Crippen LogP contribution in [0.1, 0.15) is 31.7 Å². The maximum absolute atomic E-state index is 12.5. The van der Waals surface area contributed by atoms with Gasteiger partial charge in [0.15, 0.2) is 5.96 Å². The summed E-state index contributed by atoms with van der Waals surface area (Å²) in [5.41, 5.74) is 1.70. The van der Waals surface area contributed by atoms with E-state index < -0.39 is 12.7 Å². The van der Waals surface area contributed by atoms with Crippen molar-refractivity contribution in [3.05, 3.63) is 29.8 Å². The highest BCUT2D eigenvalue weighted by molar-refractivity contribution is 5.90. The molecule has 0 bridgehead atoms. The molecule has 2 rings (SSSR count). The molecule has 0 aromatic heterocycles. The highest BCUT2D eigenvalue weighted by atomic mass is 19.4. The predicted molar refractivity (Wildman–Crippen MR) is 104 cm³/mol. The molecule has 1 aliphatic rings. The Balaban J connectivity index is 1.82. The van der Waals surface area contributed by atoms with Gasteiger partial charge in [-0.1, -0.05) is 19.1 Å². The van der Waals surface area contributed by atoms with Crippen molar-refractivity contribution in [3.63, 3.8) is 0 Å². The lowest BCUT2D eigenvalue weighted by Gasteiger charge is -2.20. The number of nitrogens with zero attached hydrogens (tertiary/aromatic N) is 2. The second-order valence-corrected chi connectivity index (χ2v) is 6.90. The number of guanidine groups is 1. The Bertz CT molecular complexity index is 678. The zero-order valence-corrected chi connectivity index (χ0v) is 16.3. The lowest BCUT2D eigenvalue weighted by atomic mass is 10.2. The molecule has 1 unspecified atom stereocenters. The molecular weight excluding hydrogens is 371 g/mol. The number of carbonyl (C=O) groups is 1. The molecule has 28 heavy (non-hydrogen) atoms. The third-order valence-electron chi connectivity index (χ3n) is 4.39. The average Bonchev–Trinajstić information content (AvgIpc) is 3.04. The molecule has 156 valence electrons. The van der Waals surface area contributed by atoms with E-state index in [0.29, 0.717) is 38.4 Å². The van der Waals surface area contributed by atoms with E-state index in [4.69, 9.17) is 0 Å². The van der Waals surface area contributed by atoms with Gasteiger partial charge >= 0.3 is 6.18 Å². The minimum atomic E-state index is -4.17. The summed E-state index contributed by atoms with van der Waals surface area (Å²) in [6.45, 7) is 2.29. The fraction of sp³-hybridized carbons (Fsp3) is 0.579. The van der Waals surface area contributed by atoms with Crippen molar-refractivity contribution >= 4 is 17.6 Å². The Morgan fingerprint density at radius 3 is 2.82 bits per heavy atom. The molecule has 6 nitrogen and oxygen atoms in total. The molecule has 9 heteroatoms. The lowest BCUT2D eigenvalue weighted by Crippen LogP contribution is -2.44. The Morgan fingerprint density at radius 2 is 2.14 bits per heavy atom. The first-order chi connectivity index (χ1) is 13.3. The van der Waals surface area contributed by atoms with Gasteiger partial charge in [0.1, 0.15) is 0 Å². The molecule has 1 amide bonds. The van der Waals surface area contributed by atoms with Gasteiger partial charge in [0.05, 0.1) is 6.54 Å². The molecule has 0 spiro atoms. The number of amides is 1. The van der Waals surface area contributed by atoms with Crippen molar-refractivity contribution in [2.45, 2.75) is 44.9 Å². The van der Waals surface area contributed by atoms with Crippen LogP contribution in [0.2, 0.25) is 0 Å².